The highest BCUT2D eigenvalue weighted by Gasteiger charge is 2.06. The summed E-state index contributed by atoms with van der Waals surface area (Å²) in [5, 5.41) is 0. The monoisotopic (exact) mass is 372 g/mol. The smallest absolute Gasteiger partial charge is 0.320 e. The van der Waals surface area contributed by atoms with Crippen molar-refractivity contribution in [1.29, 1.82) is 0 Å². The molecule has 0 bridgehead atoms. The Labute approximate surface area is 122 Å². The van der Waals surface area contributed by atoms with Gasteiger partial charge in [0.15, 0.2) is 0 Å². The molecule has 0 aliphatic carbocycles. The molecule has 6 heteroatoms. The second-order valence-corrected chi connectivity index (χ2v) is 5.20. The normalized spacial score (nSPS) is 10.2. The van der Waals surface area contributed by atoms with E-state index in [-0.39, 0.29) is 6.01 Å². The first-order chi connectivity index (χ1) is 8.69. The van der Waals surface area contributed by atoms with Gasteiger partial charge in [-0.15, -0.1) is 0 Å². The van der Waals surface area contributed by atoms with Crippen molar-refractivity contribution in [2.75, 3.05) is 7.11 Å². The van der Waals surface area contributed by atoms with Crippen LogP contribution in [0.5, 0.6) is 11.9 Å². The Balaban J connectivity index is 2.06. The highest BCUT2D eigenvalue weighted by atomic mass is 79.9. The zero-order valence-corrected chi connectivity index (χ0v) is 12.7. The van der Waals surface area contributed by atoms with E-state index in [0.717, 1.165) is 10.0 Å². The molecule has 0 saturated heterocycles. The van der Waals surface area contributed by atoms with Gasteiger partial charge < -0.3 is 9.47 Å². The van der Waals surface area contributed by atoms with Crippen LogP contribution < -0.4 is 9.47 Å². The van der Waals surface area contributed by atoms with Crippen molar-refractivity contribution in [2.45, 2.75) is 6.61 Å². The highest BCUT2D eigenvalue weighted by Crippen LogP contribution is 2.23. The van der Waals surface area contributed by atoms with Crippen molar-refractivity contribution < 1.29 is 9.47 Å². The molecular weight excluding hydrogens is 364 g/mol. The summed E-state index contributed by atoms with van der Waals surface area (Å²) in [6.07, 6.45) is 1.60. The molecular formula is C12H10Br2N2O2. The fourth-order valence-corrected chi connectivity index (χ4v) is 2.12. The maximum absolute atomic E-state index is 5.50. The van der Waals surface area contributed by atoms with Gasteiger partial charge in [-0.25, -0.2) is 4.98 Å². The molecule has 0 amide bonds. The largest absolute Gasteiger partial charge is 0.480 e. The van der Waals surface area contributed by atoms with Gasteiger partial charge in [-0.1, -0.05) is 28.1 Å². The third kappa shape index (κ3) is 3.43. The minimum atomic E-state index is 0.287. The number of ether oxygens (including phenoxy) is 2. The van der Waals surface area contributed by atoms with Crippen molar-refractivity contribution in [3.63, 3.8) is 0 Å². The molecule has 0 aliphatic heterocycles. The van der Waals surface area contributed by atoms with Gasteiger partial charge in [-0.3, -0.25) is 0 Å². The van der Waals surface area contributed by atoms with E-state index >= 15 is 0 Å². The molecule has 1 heterocycles. The summed E-state index contributed by atoms with van der Waals surface area (Å²) in [5.41, 5.74) is 1.04. The number of halogens is 2. The van der Waals surface area contributed by atoms with Crippen LogP contribution in [0.4, 0.5) is 0 Å². The summed E-state index contributed by atoms with van der Waals surface area (Å²) in [6.45, 7) is 0.407. The van der Waals surface area contributed by atoms with Gasteiger partial charge in [-0.2, -0.15) is 4.98 Å². The van der Waals surface area contributed by atoms with E-state index in [1.165, 1.54) is 0 Å². The van der Waals surface area contributed by atoms with Crippen LogP contribution in [0.1, 0.15) is 5.56 Å². The molecule has 2 aromatic rings. The Morgan fingerprint density at radius 1 is 1.28 bits per heavy atom. The lowest BCUT2D eigenvalue weighted by atomic mass is 10.2. The highest BCUT2D eigenvalue weighted by molar-refractivity contribution is 9.10. The van der Waals surface area contributed by atoms with E-state index in [0.29, 0.717) is 17.0 Å². The van der Waals surface area contributed by atoms with E-state index in [1.54, 1.807) is 13.3 Å². The molecule has 1 aromatic heterocycles. The van der Waals surface area contributed by atoms with Crippen molar-refractivity contribution in [1.82, 2.24) is 9.97 Å². The molecule has 4 nitrogen and oxygen atoms in total. The van der Waals surface area contributed by atoms with Crippen molar-refractivity contribution in [3.8, 4) is 11.9 Å². The van der Waals surface area contributed by atoms with Crippen LogP contribution in [0.25, 0.3) is 0 Å². The van der Waals surface area contributed by atoms with E-state index in [4.69, 9.17) is 9.47 Å². The number of methoxy groups -OCH3 is 1. The van der Waals surface area contributed by atoms with E-state index < -0.39 is 0 Å². The van der Waals surface area contributed by atoms with Gasteiger partial charge in [0.1, 0.15) is 6.61 Å². The quantitative estimate of drug-likeness (QED) is 0.821. The molecule has 1 aromatic carbocycles. The van der Waals surface area contributed by atoms with Crippen LogP contribution in [-0.4, -0.2) is 17.1 Å². The lowest BCUT2D eigenvalue weighted by molar-refractivity contribution is 0.273. The predicted octanol–water partition coefficient (Wildman–Crippen LogP) is 3.59. The third-order valence-corrected chi connectivity index (χ3v) is 3.18. The van der Waals surface area contributed by atoms with Gasteiger partial charge in [0.05, 0.1) is 17.8 Å². The Morgan fingerprint density at radius 2 is 2.11 bits per heavy atom. The average Bonchev–Trinajstić information content (AvgIpc) is 2.38. The first-order valence-electron chi connectivity index (χ1n) is 5.13. The Kier molecular flexibility index (Phi) is 4.54. The summed E-state index contributed by atoms with van der Waals surface area (Å²) in [4.78, 5) is 8.17. The molecule has 94 valence electrons. The Morgan fingerprint density at radius 3 is 2.83 bits per heavy atom. The maximum Gasteiger partial charge on any atom is 0.320 e. The number of hydrogen-bond donors (Lipinski definition) is 0. The fraction of sp³-hybridized carbons (Fsp3) is 0.167. The molecule has 2 rings (SSSR count). The van der Waals surface area contributed by atoms with Crippen LogP contribution >= 0.6 is 31.9 Å². The first kappa shape index (κ1) is 13.3. The van der Waals surface area contributed by atoms with E-state index in [1.807, 2.05) is 24.3 Å². The second kappa shape index (κ2) is 6.15. The number of nitrogens with zero attached hydrogens (tertiary/aromatic N) is 2. The predicted molar refractivity (Wildman–Crippen MR) is 74.8 cm³/mol. The van der Waals surface area contributed by atoms with Gasteiger partial charge in [-0.05, 0) is 33.6 Å². The molecule has 0 fully saturated rings. The standard InChI is InChI=1S/C12H10Br2N2O2/c1-17-11-10(14)6-15-12(16-11)18-7-8-3-2-4-9(13)5-8/h2-6H,7H2,1H3. The van der Waals surface area contributed by atoms with Crippen molar-refractivity contribution in [2.24, 2.45) is 0 Å². The van der Waals surface area contributed by atoms with Crippen LogP contribution in [0, 0.1) is 0 Å². The van der Waals surface area contributed by atoms with Gasteiger partial charge >= 0.3 is 6.01 Å². The zero-order valence-electron chi connectivity index (χ0n) is 9.56. The SMILES string of the molecule is COc1nc(OCc2cccc(Br)c2)ncc1Br. The van der Waals surface area contributed by atoms with E-state index in [9.17, 15) is 0 Å². The molecule has 0 unspecified atom stereocenters. The number of hydrogen-bond acceptors (Lipinski definition) is 4. The Bertz CT molecular complexity index is 549. The average molecular weight is 374 g/mol. The minimum Gasteiger partial charge on any atom is -0.480 e. The lowest BCUT2D eigenvalue weighted by Crippen LogP contribution is -2.01. The molecule has 18 heavy (non-hydrogen) atoms. The fourth-order valence-electron chi connectivity index (χ4n) is 1.32. The van der Waals surface area contributed by atoms with Crippen molar-refractivity contribution >= 4 is 31.9 Å². The summed E-state index contributed by atoms with van der Waals surface area (Å²) in [7, 11) is 1.55. The molecule has 0 N–H and O–H groups in total. The van der Waals surface area contributed by atoms with Gasteiger partial charge in [0.25, 0.3) is 0 Å². The third-order valence-electron chi connectivity index (χ3n) is 2.14. The minimum absolute atomic E-state index is 0.287. The molecule has 0 saturated carbocycles. The summed E-state index contributed by atoms with van der Waals surface area (Å²) in [6, 6.07) is 8.15. The summed E-state index contributed by atoms with van der Waals surface area (Å²) < 4.78 is 12.3. The number of rotatable bonds is 4. The molecule has 0 radical (unpaired) electrons. The lowest BCUT2D eigenvalue weighted by Gasteiger charge is -2.07. The van der Waals surface area contributed by atoms with Crippen LogP contribution in [0.3, 0.4) is 0 Å². The topological polar surface area (TPSA) is 44.2 Å². The second-order valence-electron chi connectivity index (χ2n) is 3.43. The van der Waals surface area contributed by atoms with Crippen LogP contribution in [0.2, 0.25) is 0 Å². The van der Waals surface area contributed by atoms with E-state index in [2.05, 4.69) is 41.8 Å². The number of aromatic nitrogens is 2. The van der Waals surface area contributed by atoms with Gasteiger partial charge in [0, 0.05) is 4.47 Å². The summed E-state index contributed by atoms with van der Waals surface area (Å²) in [5.74, 6) is 0.453. The molecule has 0 spiro atoms. The van der Waals surface area contributed by atoms with Crippen LogP contribution in [0.15, 0.2) is 39.4 Å². The zero-order chi connectivity index (χ0) is 13.0. The molecule has 0 aliphatic rings. The van der Waals surface area contributed by atoms with Crippen LogP contribution in [-0.2, 0) is 6.61 Å². The maximum atomic E-state index is 5.50. The molecule has 0 atom stereocenters. The van der Waals surface area contributed by atoms with Crippen molar-refractivity contribution in [3.05, 3.63) is 45.0 Å². The summed E-state index contributed by atoms with van der Waals surface area (Å²) >= 11 is 6.69. The van der Waals surface area contributed by atoms with Gasteiger partial charge in [0.2, 0.25) is 5.88 Å². The number of benzene rings is 1. The Hall–Kier alpha value is -1.14. The first-order valence-corrected chi connectivity index (χ1v) is 6.71.